The molecule has 1 amide bonds. The van der Waals surface area contributed by atoms with Crippen LogP contribution >= 0.6 is 0 Å². The highest BCUT2D eigenvalue weighted by atomic mass is 16.5. The van der Waals surface area contributed by atoms with E-state index in [1.807, 2.05) is 6.07 Å². The number of hydrogen-bond donors (Lipinski definition) is 3. The number of nitrogen functional groups attached to an aromatic ring is 1. The Bertz CT molecular complexity index is 530. The van der Waals surface area contributed by atoms with Gasteiger partial charge in [0.25, 0.3) is 0 Å². The molecule has 0 bridgehead atoms. The lowest BCUT2D eigenvalue weighted by Gasteiger charge is -2.13. The fourth-order valence-corrected chi connectivity index (χ4v) is 1.72. The molecule has 0 aromatic heterocycles. The quantitative estimate of drug-likeness (QED) is 0.492. The summed E-state index contributed by atoms with van der Waals surface area (Å²) in [5, 5.41) is 11.2. The minimum atomic E-state index is -1.29. The van der Waals surface area contributed by atoms with E-state index in [0.717, 1.165) is 12.7 Å². The number of esters is 1. The molecule has 0 aliphatic rings. The number of carboxylic acid groups (broad SMARTS) is 1. The molecule has 1 aromatic rings. The Morgan fingerprint density at radius 3 is 2.67 bits per heavy atom. The number of carbonyl (C=O) groups excluding carboxylic acids is 2. The van der Waals surface area contributed by atoms with Gasteiger partial charge in [-0.25, -0.2) is 4.79 Å². The number of anilines is 1. The first kappa shape index (κ1) is 16.5. The molecular formula is C14H18N2O5. The lowest BCUT2D eigenvalue weighted by Crippen LogP contribution is -2.42. The van der Waals surface area contributed by atoms with E-state index in [1.165, 1.54) is 0 Å². The third kappa shape index (κ3) is 5.94. The Labute approximate surface area is 122 Å². The number of carboxylic acids is 1. The Morgan fingerprint density at radius 1 is 1.38 bits per heavy atom. The van der Waals surface area contributed by atoms with Crippen LogP contribution in [-0.4, -0.2) is 36.1 Å². The van der Waals surface area contributed by atoms with Crippen LogP contribution in [0, 0.1) is 0 Å². The van der Waals surface area contributed by atoms with E-state index in [9.17, 15) is 14.4 Å². The second kappa shape index (κ2) is 7.88. The number of aliphatic carboxylic acids is 1. The largest absolute Gasteiger partial charge is 0.480 e. The van der Waals surface area contributed by atoms with E-state index in [0.29, 0.717) is 12.1 Å². The first-order valence-electron chi connectivity index (χ1n) is 6.35. The maximum Gasteiger partial charge on any atom is 0.326 e. The standard InChI is InChI=1S/C14H18N2O5/c1-21-13(18)8-11(14(19)20)16-12(17)6-5-9-3-2-4-10(15)7-9/h2-4,7,11H,5-6,8,15H2,1H3,(H,16,17)(H,19,20)/t11-/m0/s1. The van der Waals surface area contributed by atoms with Crippen LogP contribution in [0.2, 0.25) is 0 Å². The minimum absolute atomic E-state index is 0.106. The number of nitrogens with one attached hydrogen (secondary N) is 1. The summed E-state index contributed by atoms with van der Waals surface area (Å²) >= 11 is 0. The molecule has 7 heteroatoms. The molecule has 0 spiro atoms. The SMILES string of the molecule is COC(=O)C[C@H](NC(=O)CCc1cccc(N)c1)C(=O)O. The van der Waals surface area contributed by atoms with Gasteiger partial charge in [-0.3, -0.25) is 9.59 Å². The Balaban J connectivity index is 2.50. The van der Waals surface area contributed by atoms with Crippen molar-refractivity contribution in [1.82, 2.24) is 5.32 Å². The Kier molecular flexibility index (Phi) is 6.19. The first-order valence-corrected chi connectivity index (χ1v) is 6.35. The van der Waals surface area contributed by atoms with Crippen molar-refractivity contribution in [2.24, 2.45) is 0 Å². The number of hydrogen-bond acceptors (Lipinski definition) is 5. The first-order chi connectivity index (χ1) is 9.92. The average molecular weight is 294 g/mol. The van der Waals surface area contributed by atoms with Crippen molar-refractivity contribution in [2.75, 3.05) is 12.8 Å². The second-order valence-corrected chi connectivity index (χ2v) is 4.48. The smallest absolute Gasteiger partial charge is 0.326 e. The Hall–Kier alpha value is -2.57. The molecule has 0 unspecified atom stereocenters. The fourth-order valence-electron chi connectivity index (χ4n) is 1.72. The molecule has 0 radical (unpaired) electrons. The minimum Gasteiger partial charge on any atom is -0.480 e. The van der Waals surface area contributed by atoms with Crippen LogP contribution in [-0.2, 0) is 25.5 Å². The number of methoxy groups -OCH3 is 1. The summed E-state index contributed by atoms with van der Waals surface area (Å²) in [7, 11) is 1.16. The number of rotatable bonds is 7. The van der Waals surface area contributed by atoms with Gasteiger partial charge in [0, 0.05) is 12.1 Å². The van der Waals surface area contributed by atoms with Crippen LogP contribution in [0.25, 0.3) is 0 Å². The highest BCUT2D eigenvalue weighted by Crippen LogP contribution is 2.08. The Morgan fingerprint density at radius 2 is 2.10 bits per heavy atom. The lowest BCUT2D eigenvalue weighted by atomic mass is 10.1. The van der Waals surface area contributed by atoms with Gasteiger partial charge < -0.3 is 20.9 Å². The molecular weight excluding hydrogens is 276 g/mol. The molecule has 0 saturated heterocycles. The summed E-state index contributed by atoms with van der Waals surface area (Å²) in [5.74, 6) is -2.43. The van der Waals surface area contributed by atoms with Gasteiger partial charge in [-0.15, -0.1) is 0 Å². The van der Waals surface area contributed by atoms with Crippen LogP contribution in [0.3, 0.4) is 0 Å². The van der Waals surface area contributed by atoms with Crippen LogP contribution < -0.4 is 11.1 Å². The molecule has 0 fully saturated rings. The van der Waals surface area contributed by atoms with Gasteiger partial charge >= 0.3 is 11.9 Å². The molecule has 7 nitrogen and oxygen atoms in total. The molecule has 21 heavy (non-hydrogen) atoms. The van der Waals surface area contributed by atoms with Gasteiger partial charge in [-0.05, 0) is 24.1 Å². The topological polar surface area (TPSA) is 119 Å². The van der Waals surface area contributed by atoms with Crippen LogP contribution in [0.5, 0.6) is 0 Å². The predicted octanol–water partition coefficient (Wildman–Crippen LogP) is 0.334. The van der Waals surface area contributed by atoms with Crippen molar-refractivity contribution >= 4 is 23.5 Å². The van der Waals surface area contributed by atoms with Gasteiger partial charge in [0.2, 0.25) is 5.91 Å². The average Bonchev–Trinajstić information content (AvgIpc) is 2.44. The number of nitrogens with two attached hydrogens (primary N) is 1. The normalized spacial score (nSPS) is 11.5. The van der Waals surface area contributed by atoms with E-state index in [1.54, 1.807) is 18.2 Å². The van der Waals surface area contributed by atoms with E-state index in [-0.39, 0.29) is 6.42 Å². The zero-order chi connectivity index (χ0) is 15.8. The number of aryl methyl sites for hydroxylation is 1. The number of ether oxygens (including phenoxy) is 1. The molecule has 114 valence electrons. The third-order valence-corrected chi connectivity index (χ3v) is 2.82. The monoisotopic (exact) mass is 294 g/mol. The molecule has 0 aliphatic heterocycles. The van der Waals surface area contributed by atoms with Crippen molar-refractivity contribution in [3.8, 4) is 0 Å². The summed E-state index contributed by atoms with van der Waals surface area (Å²) in [6, 6.07) is 5.80. The van der Waals surface area contributed by atoms with Crippen LogP contribution in [0.15, 0.2) is 24.3 Å². The number of amides is 1. The molecule has 0 saturated carbocycles. The highest BCUT2D eigenvalue weighted by Gasteiger charge is 2.23. The number of carbonyl (C=O) groups is 3. The molecule has 1 aromatic carbocycles. The maximum absolute atomic E-state index is 11.7. The van der Waals surface area contributed by atoms with Crippen molar-refractivity contribution in [3.63, 3.8) is 0 Å². The van der Waals surface area contributed by atoms with E-state index in [2.05, 4.69) is 10.1 Å². The maximum atomic E-state index is 11.7. The third-order valence-electron chi connectivity index (χ3n) is 2.82. The second-order valence-electron chi connectivity index (χ2n) is 4.48. The fraction of sp³-hybridized carbons (Fsp3) is 0.357. The lowest BCUT2D eigenvalue weighted by molar-refractivity contribution is -0.148. The molecule has 0 aliphatic carbocycles. The molecule has 1 atom stereocenters. The zero-order valence-electron chi connectivity index (χ0n) is 11.7. The number of benzene rings is 1. The van der Waals surface area contributed by atoms with Gasteiger partial charge in [-0.2, -0.15) is 0 Å². The van der Waals surface area contributed by atoms with Crippen molar-refractivity contribution in [3.05, 3.63) is 29.8 Å². The molecule has 1 rings (SSSR count). The predicted molar refractivity (Wildman–Crippen MR) is 75.4 cm³/mol. The highest BCUT2D eigenvalue weighted by molar-refractivity contribution is 5.87. The van der Waals surface area contributed by atoms with Crippen molar-refractivity contribution in [1.29, 1.82) is 0 Å². The van der Waals surface area contributed by atoms with Gasteiger partial charge in [0.15, 0.2) is 0 Å². The van der Waals surface area contributed by atoms with Crippen LogP contribution in [0.4, 0.5) is 5.69 Å². The van der Waals surface area contributed by atoms with Crippen LogP contribution in [0.1, 0.15) is 18.4 Å². The van der Waals surface area contributed by atoms with E-state index < -0.39 is 30.3 Å². The molecule has 0 heterocycles. The van der Waals surface area contributed by atoms with Gasteiger partial charge in [-0.1, -0.05) is 12.1 Å². The summed E-state index contributed by atoms with van der Waals surface area (Å²) in [6.07, 6.45) is 0.131. The van der Waals surface area contributed by atoms with Gasteiger partial charge in [0.05, 0.1) is 13.5 Å². The van der Waals surface area contributed by atoms with Crippen molar-refractivity contribution in [2.45, 2.75) is 25.3 Å². The van der Waals surface area contributed by atoms with E-state index >= 15 is 0 Å². The summed E-state index contributed by atoms with van der Waals surface area (Å²) in [6.45, 7) is 0. The van der Waals surface area contributed by atoms with E-state index in [4.69, 9.17) is 10.8 Å². The van der Waals surface area contributed by atoms with Gasteiger partial charge in [0.1, 0.15) is 6.04 Å². The summed E-state index contributed by atoms with van der Waals surface area (Å²) in [5.41, 5.74) is 7.10. The molecule has 4 N–H and O–H groups in total. The van der Waals surface area contributed by atoms with Crippen molar-refractivity contribution < 1.29 is 24.2 Å². The zero-order valence-corrected chi connectivity index (χ0v) is 11.7. The summed E-state index contributed by atoms with van der Waals surface area (Å²) < 4.78 is 4.39. The summed E-state index contributed by atoms with van der Waals surface area (Å²) in [4.78, 5) is 33.8.